The van der Waals surface area contributed by atoms with Crippen LogP contribution in [0.3, 0.4) is 0 Å². The van der Waals surface area contributed by atoms with Crippen molar-refractivity contribution in [3.05, 3.63) is 0 Å². The largest absolute Gasteiger partial charge is 0.382 e. The van der Waals surface area contributed by atoms with Crippen molar-refractivity contribution < 1.29 is 18.9 Å². The highest BCUT2D eigenvalue weighted by Crippen LogP contribution is 1.95. The molecule has 0 aliphatic heterocycles. The molecule has 0 aromatic carbocycles. The van der Waals surface area contributed by atoms with Gasteiger partial charge < -0.3 is 24.3 Å². The molecule has 0 aromatic rings. The Morgan fingerprint density at radius 2 is 1.32 bits per heavy atom. The number of hydrogen-bond donors (Lipinski definition) is 1. The summed E-state index contributed by atoms with van der Waals surface area (Å²) < 4.78 is 21.1. The Hall–Kier alpha value is -0.200. The lowest BCUT2D eigenvalue weighted by Crippen LogP contribution is -2.30. The fraction of sp³-hybridized carbons (Fsp3) is 1.00. The van der Waals surface area contributed by atoms with Crippen LogP contribution in [0.5, 0.6) is 0 Å². The van der Waals surface area contributed by atoms with Crippen LogP contribution in [0, 0.1) is 5.92 Å². The predicted molar refractivity (Wildman–Crippen MR) is 76.6 cm³/mol. The van der Waals surface area contributed by atoms with E-state index in [9.17, 15) is 0 Å². The van der Waals surface area contributed by atoms with Gasteiger partial charge in [0.05, 0.1) is 46.2 Å². The lowest BCUT2D eigenvalue weighted by molar-refractivity contribution is -0.000585. The minimum atomic E-state index is 0.528. The smallest absolute Gasteiger partial charge is 0.0701 e. The van der Waals surface area contributed by atoms with Gasteiger partial charge in [-0.15, -0.1) is 0 Å². The summed E-state index contributed by atoms with van der Waals surface area (Å²) in [6.07, 6.45) is 0. The zero-order valence-electron chi connectivity index (χ0n) is 12.9. The molecule has 0 rings (SSSR count). The molecule has 0 aliphatic rings. The summed E-state index contributed by atoms with van der Waals surface area (Å²) in [7, 11) is 1.66. The van der Waals surface area contributed by atoms with Crippen molar-refractivity contribution in [2.75, 3.05) is 59.9 Å². The number of hydrogen-bond acceptors (Lipinski definition) is 5. The van der Waals surface area contributed by atoms with Crippen molar-refractivity contribution in [3.8, 4) is 0 Å². The summed E-state index contributed by atoms with van der Waals surface area (Å²) >= 11 is 0. The van der Waals surface area contributed by atoms with Gasteiger partial charge in [0.2, 0.25) is 0 Å². The zero-order valence-corrected chi connectivity index (χ0v) is 12.9. The molecular formula is C14H31NO4. The average Bonchev–Trinajstić information content (AvgIpc) is 2.38. The minimum absolute atomic E-state index is 0.528. The second-order valence-corrected chi connectivity index (χ2v) is 4.96. The first kappa shape index (κ1) is 18.8. The Bertz CT molecular complexity index is 179. The van der Waals surface area contributed by atoms with Crippen LogP contribution in [0.15, 0.2) is 0 Å². The van der Waals surface area contributed by atoms with Crippen LogP contribution in [-0.2, 0) is 18.9 Å². The zero-order chi connectivity index (χ0) is 14.3. The SMILES string of the molecule is COCCOCCOCCOCC(C)CNC(C)C. The Kier molecular flexibility index (Phi) is 14.1. The molecule has 1 atom stereocenters. The molecule has 0 heterocycles. The molecule has 1 unspecified atom stereocenters. The summed E-state index contributed by atoms with van der Waals surface area (Å²) in [4.78, 5) is 0. The summed E-state index contributed by atoms with van der Waals surface area (Å²) in [5.41, 5.74) is 0. The van der Waals surface area contributed by atoms with Gasteiger partial charge in [-0.1, -0.05) is 20.8 Å². The molecule has 0 aromatic heterocycles. The lowest BCUT2D eigenvalue weighted by Gasteiger charge is -2.15. The third-order valence-electron chi connectivity index (χ3n) is 2.45. The fourth-order valence-corrected chi connectivity index (χ4v) is 1.36. The third kappa shape index (κ3) is 15.7. The summed E-state index contributed by atoms with van der Waals surface area (Å²) in [6, 6.07) is 0.531. The van der Waals surface area contributed by atoms with Crippen LogP contribution >= 0.6 is 0 Å². The Morgan fingerprint density at radius 3 is 1.84 bits per heavy atom. The van der Waals surface area contributed by atoms with E-state index in [2.05, 4.69) is 26.1 Å². The van der Waals surface area contributed by atoms with Crippen LogP contribution in [0.2, 0.25) is 0 Å². The first-order chi connectivity index (χ1) is 9.16. The van der Waals surface area contributed by atoms with E-state index in [0.717, 1.165) is 13.2 Å². The second kappa shape index (κ2) is 14.2. The van der Waals surface area contributed by atoms with Crippen molar-refractivity contribution in [1.29, 1.82) is 0 Å². The molecule has 0 spiro atoms. The van der Waals surface area contributed by atoms with Crippen LogP contribution in [0.25, 0.3) is 0 Å². The lowest BCUT2D eigenvalue weighted by atomic mass is 10.2. The van der Waals surface area contributed by atoms with Crippen molar-refractivity contribution in [2.24, 2.45) is 5.92 Å². The molecule has 0 aliphatic carbocycles. The van der Waals surface area contributed by atoms with Crippen molar-refractivity contribution >= 4 is 0 Å². The van der Waals surface area contributed by atoms with E-state index in [0.29, 0.717) is 51.6 Å². The summed E-state index contributed by atoms with van der Waals surface area (Å²) in [6.45, 7) is 12.0. The molecule has 0 fully saturated rings. The van der Waals surface area contributed by atoms with Crippen LogP contribution in [0.1, 0.15) is 20.8 Å². The van der Waals surface area contributed by atoms with Crippen LogP contribution in [-0.4, -0.2) is 65.9 Å². The number of rotatable bonds is 14. The second-order valence-electron chi connectivity index (χ2n) is 4.96. The number of methoxy groups -OCH3 is 1. The molecule has 0 amide bonds. The summed E-state index contributed by atoms with van der Waals surface area (Å²) in [5, 5.41) is 3.39. The maximum Gasteiger partial charge on any atom is 0.0701 e. The topological polar surface area (TPSA) is 49.0 Å². The van der Waals surface area contributed by atoms with Gasteiger partial charge in [0.15, 0.2) is 0 Å². The molecule has 0 radical (unpaired) electrons. The van der Waals surface area contributed by atoms with Gasteiger partial charge in [0.1, 0.15) is 0 Å². The minimum Gasteiger partial charge on any atom is -0.382 e. The Labute approximate surface area is 117 Å². The monoisotopic (exact) mass is 277 g/mol. The van der Waals surface area contributed by atoms with E-state index in [-0.39, 0.29) is 0 Å². The number of nitrogens with one attached hydrogen (secondary N) is 1. The molecule has 5 nitrogen and oxygen atoms in total. The van der Waals surface area contributed by atoms with E-state index in [1.54, 1.807) is 7.11 Å². The van der Waals surface area contributed by atoms with Crippen molar-refractivity contribution in [2.45, 2.75) is 26.8 Å². The average molecular weight is 277 g/mol. The van der Waals surface area contributed by atoms with E-state index in [1.807, 2.05) is 0 Å². The van der Waals surface area contributed by atoms with Crippen LogP contribution in [0.4, 0.5) is 0 Å². The van der Waals surface area contributed by atoms with Gasteiger partial charge in [-0.25, -0.2) is 0 Å². The summed E-state index contributed by atoms with van der Waals surface area (Å²) in [5.74, 6) is 0.528. The quantitative estimate of drug-likeness (QED) is 0.485. The molecule has 116 valence electrons. The molecule has 5 heteroatoms. The molecule has 1 N–H and O–H groups in total. The normalized spacial score (nSPS) is 13.1. The highest BCUT2D eigenvalue weighted by molar-refractivity contribution is 4.58. The molecule has 19 heavy (non-hydrogen) atoms. The third-order valence-corrected chi connectivity index (χ3v) is 2.45. The first-order valence-electron chi connectivity index (χ1n) is 7.12. The molecule has 0 bridgehead atoms. The molecule has 0 saturated carbocycles. The highest BCUT2D eigenvalue weighted by atomic mass is 16.6. The van der Waals surface area contributed by atoms with Gasteiger partial charge in [0.25, 0.3) is 0 Å². The fourth-order valence-electron chi connectivity index (χ4n) is 1.36. The maximum atomic E-state index is 5.55. The van der Waals surface area contributed by atoms with Gasteiger partial charge >= 0.3 is 0 Å². The van der Waals surface area contributed by atoms with Crippen molar-refractivity contribution in [3.63, 3.8) is 0 Å². The Morgan fingerprint density at radius 1 is 0.789 bits per heavy atom. The predicted octanol–water partition coefficient (Wildman–Crippen LogP) is 1.32. The molecular weight excluding hydrogens is 246 g/mol. The van der Waals surface area contributed by atoms with E-state index >= 15 is 0 Å². The van der Waals surface area contributed by atoms with Gasteiger partial charge in [-0.3, -0.25) is 0 Å². The maximum absolute atomic E-state index is 5.55. The standard InChI is InChI=1S/C14H31NO4/c1-13(2)15-11-14(3)12-19-10-9-18-8-7-17-6-5-16-4/h13-15H,5-12H2,1-4H3. The van der Waals surface area contributed by atoms with Gasteiger partial charge in [0, 0.05) is 19.7 Å². The van der Waals surface area contributed by atoms with E-state index in [1.165, 1.54) is 0 Å². The van der Waals surface area contributed by atoms with E-state index in [4.69, 9.17) is 18.9 Å². The van der Waals surface area contributed by atoms with Crippen LogP contribution < -0.4 is 5.32 Å². The van der Waals surface area contributed by atoms with E-state index < -0.39 is 0 Å². The first-order valence-corrected chi connectivity index (χ1v) is 7.12. The van der Waals surface area contributed by atoms with Gasteiger partial charge in [-0.05, 0) is 5.92 Å². The Balaban J connectivity index is 3.09. The number of ether oxygens (including phenoxy) is 4. The van der Waals surface area contributed by atoms with Crippen molar-refractivity contribution in [1.82, 2.24) is 5.32 Å². The molecule has 0 saturated heterocycles. The van der Waals surface area contributed by atoms with Gasteiger partial charge in [-0.2, -0.15) is 0 Å². The highest BCUT2D eigenvalue weighted by Gasteiger charge is 2.02.